The van der Waals surface area contributed by atoms with E-state index in [1.807, 2.05) is 6.26 Å². The van der Waals surface area contributed by atoms with Crippen LogP contribution in [0.25, 0.3) is 0 Å². The molecule has 0 amide bonds. The van der Waals surface area contributed by atoms with Gasteiger partial charge in [-0.3, -0.25) is 10.1 Å². The van der Waals surface area contributed by atoms with Crippen LogP contribution < -0.4 is 5.32 Å². The van der Waals surface area contributed by atoms with Crippen molar-refractivity contribution in [1.82, 2.24) is 0 Å². The smallest absolute Gasteiger partial charge is 0.384 e. The van der Waals surface area contributed by atoms with Crippen LogP contribution >= 0.6 is 11.8 Å². The number of anilines is 1. The number of nitro groups is 1. The van der Waals surface area contributed by atoms with Crippen LogP contribution in [0.1, 0.15) is 18.4 Å². The maximum Gasteiger partial charge on any atom is 0.423 e. The van der Waals surface area contributed by atoms with Crippen molar-refractivity contribution < 1.29 is 22.8 Å². The van der Waals surface area contributed by atoms with Crippen molar-refractivity contribution in [3.8, 4) is 0 Å². The van der Waals surface area contributed by atoms with E-state index in [9.17, 15) is 23.3 Å². The molecule has 0 saturated carbocycles. The summed E-state index contributed by atoms with van der Waals surface area (Å²) in [6.07, 6.45) is -1.19. The molecule has 1 N–H and O–H groups in total. The predicted octanol–water partition coefficient (Wildman–Crippen LogP) is 3.94. The van der Waals surface area contributed by atoms with Crippen LogP contribution in [0.2, 0.25) is 0 Å². The van der Waals surface area contributed by atoms with Gasteiger partial charge in [0.2, 0.25) is 0 Å². The highest BCUT2D eigenvalue weighted by molar-refractivity contribution is 8.00. The van der Waals surface area contributed by atoms with Gasteiger partial charge in [0.25, 0.3) is 5.69 Å². The second-order valence-electron chi connectivity index (χ2n) is 5.34. The van der Waals surface area contributed by atoms with E-state index in [-0.39, 0.29) is 10.4 Å². The summed E-state index contributed by atoms with van der Waals surface area (Å²) in [7, 11) is 0. The van der Waals surface area contributed by atoms with Gasteiger partial charge in [0.15, 0.2) is 0 Å². The highest BCUT2D eigenvalue weighted by atomic mass is 32.2. The van der Waals surface area contributed by atoms with Crippen LogP contribution in [0.15, 0.2) is 18.2 Å². The van der Waals surface area contributed by atoms with Gasteiger partial charge in [-0.2, -0.15) is 24.9 Å². The molecule has 1 heterocycles. The highest BCUT2D eigenvalue weighted by Gasteiger charge is 2.38. The van der Waals surface area contributed by atoms with Gasteiger partial charge in [0.1, 0.15) is 5.56 Å². The van der Waals surface area contributed by atoms with Gasteiger partial charge in [0, 0.05) is 36.3 Å². The molecular formula is C14H17F3N2O3S. The number of nitro benzene ring substituents is 1. The Bertz CT molecular complexity index is 575. The number of thioether (sulfide) groups is 1. The minimum atomic E-state index is -4.77. The van der Waals surface area contributed by atoms with Crippen molar-refractivity contribution in [1.29, 1.82) is 0 Å². The van der Waals surface area contributed by atoms with Crippen LogP contribution in [0.3, 0.4) is 0 Å². The van der Waals surface area contributed by atoms with Gasteiger partial charge in [-0.15, -0.1) is 0 Å². The third-order valence-electron chi connectivity index (χ3n) is 3.95. The summed E-state index contributed by atoms with van der Waals surface area (Å²) in [6, 6.07) is 2.99. The molecule has 1 aliphatic heterocycles. The lowest BCUT2D eigenvalue weighted by atomic mass is 9.98. The van der Waals surface area contributed by atoms with E-state index in [4.69, 9.17) is 4.74 Å². The van der Waals surface area contributed by atoms with E-state index < -0.39 is 22.4 Å². The molecule has 1 aromatic rings. The van der Waals surface area contributed by atoms with E-state index >= 15 is 0 Å². The summed E-state index contributed by atoms with van der Waals surface area (Å²) in [5, 5.41) is 13.7. The van der Waals surface area contributed by atoms with E-state index in [0.717, 1.165) is 25.0 Å². The normalized spacial score (nSPS) is 17.7. The largest absolute Gasteiger partial charge is 0.423 e. The Morgan fingerprint density at radius 1 is 1.39 bits per heavy atom. The number of hydrogen-bond acceptors (Lipinski definition) is 5. The zero-order valence-electron chi connectivity index (χ0n) is 12.5. The number of ether oxygens (including phenoxy) is 1. The predicted molar refractivity (Wildman–Crippen MR) is 82.9 cm³/mol. The summed E-state index contributed by atoms with van der Waals surface area (Å²) < 4.78 is 44.1. The third-order valence-corrected chi connectivity index (χ3v) is 5.37. The molecule has 128 valence electrons. The minimum absolute atomic E-state index is 0.0988. The Kier molecular flexibility index (Phi) is 5.41. The first-order valence-electron chi connectivity index (χ1n) is 7.00. The number of halogens is 3. The van der Waals surface area contributed by atoms with Crippen molar-refractivity contribution in [2.45, 2.75) is 23.8 Å². The first-order chi connectivity index (χ1) is 10.8. The Morgan fingerprint density at radius 3 is 2.57 bits per heavy atom. The summed E-state index contributed by atoms with van der Waals surface area (Å²) in [4.78, 5) is 9.73. The van der Waals surface area contributed by atoms with Crippen molar-refractivity contribution in [2.24, 2.45) is 0 Å². The fourth-order valence-corrected chi connectivity index (χ4v) is 3.28. The van der Waals surface area contributed by atoms with Gasteiger partial charge < -0.3 is 10.1 Å². The van der Waals surface area contributed by atoms with E-state index in [1.165, 1.54) is 6.07 Å². The quantitative estimate of drug-likeness (QED) is 0.644. The van der Waals surface area contributed by atoms with Crippen molar-refractivity contribution in [3.63, 3.8) is 0 Å². The van der Waals surface area contributed by atoms with Crippen molar-refractivity contribution >= 4 is 23.1 Å². The Balaban J connectivity index is 2.19. The second kappa shape index (κ2) is 6.96. The number of rotatable bonds is 5. The van der Waals surface area contributed by atoms with Crippen LogP contribution in [0, 0.1) is 10.1 Å². The molecule has 1 saturated heterocycles. The van der Waals surface area contributed by atoms with Crippen LogP contribution in [-0.4, -0.2) is 35.7 Å². The molecule has 0 spiro atoms. The Morgan fingerprint density at radius 2 is 2.04 bits per heavy atom. The molecule has 0 bridgehead atoms. The number of benzene rings is 1. The number of alkyl halides is 3. The molecule has 0 radical (unpaired) electrons. The minimum Gasteiger partial charge on any atom is -0.384 e. The molecule has 0 aromatic heterocycles. The Labute approximate surface area is 135 Å². The molecule has 23 heavy (non-hydrogen) atoms. The highest BCUT2D eigenvalue weighted by Crippen LogP contribution is 2.38. The molecule has 1 fully saturated rings. The number of nitrogens with zero attached hydrogens (tertiary/aromatic N) is 1. The third kappa shape index (κ3) is 4.29. The zero-order valence-corrected chi connectivity index (χ0v) is 13.3. The maximum atomic E-state index is 13.0. The fourth-order valence-electron chi connectivity index (χ4n) is 2.49. The van der Waals surface area contributed by atoms with Gasteiger partial charge in [-0.25, -0.2) is 0 Å². The lowest BCUT2D eigenvalue weighted by Gasteiger charge is -2.36. The van der Waals surface area contributed by atoms with E-state index in [0.29, 0.717) is 19.8 Å². The van der Waals surface area contributed by atoms with Crippen molar-refractivity contribution in [3.05, 3.63) is 33.9 Å². The average Bonchev–Trinajstić information content (AvgIpc) is 2.52. The Hall–Kier alpha value is -1.48. The standard InChI is InChI=1S/C14H17F3N2O3S/c1-23-13(4-6-22-7-5-13)9-18-10-2-3-12(19(20)21)11(8-10)14(15,16)17/h2-3,8,18H,4-7,9H2,1H3. The van der Waals surface area contributed by atoms with Gasteiger partial charge >= 0.3 is 6.18 Å². The van der Waals surface area contributed by atoms with Gasteiger partial charge in [-0.1, -0.05) is 0 Å². The average molecular weight is 350 g/mol. The first-order valence-corrected chi connectivity index (χ1v) is 8.22. The van der Waals surface area contributed by atoms with Gasteiger partial charge in [0.05, 0.1) is 4.92 Å². The van der Waals surface area contributed by atoms with Crippen molar-refractivity contribution in [2.75, 3.05) is 31.3 Å². The van der Waals surface area contributed by atoms with E-state index in [1.54, 1.807) is 11.8 Å². The summed E-state index contributed by atoms with van der Waals surface area (Å²) in [5.74, 6) is 0. The molecule has 1 aliphatic rings. The lowest BCUT2D eigenvalue weighted by Crippen LogP contribution is -2.39. The van der Waals surface area contributed by atoms with Crippen LogP contribution in [-0.2, 0) is 10.9 Å². The molecule has 0 unspecified atom stereocenters. The molecule has 9 heteroatoms. The SMILES string of the molecule is CSC1(CNc2ccc([N+](=O)[O-])c(C(F)(F)F)c2)CCOCC1. The summed E-state index contributed by atoms with van der Waals surface area (Å²) in [5.41, 5.74) is -1.95. The second-order valence-corrected chi connectivity index (χ2v) is 6.61. The number of hydrogen-bond donors (Lipinski definition) is 1. The van der Waals surface area contributed by atoms with Crippen LogP contribution in [0.4, 0.5) is 24.5 Å². The van der Waals surface area contributed by atoms with Crippen LogP contribution in [0.5, 0.6) is 0 Å². The molecule has 0 atom stereocenters. The molecule has 5 nitrogen and oxygen atoms in total. The summed E-state index contributed by atoms with van der Waals surface area (Å²) in [6.45, 7) is 1.72. The fraction of sp³-hybridized carbons (Fsp3) is 0.571. The number of nitrogens with one attached hydrogen (secondary N) is 1. The molecular weight excluding hydrogens is 333 g/mol. The first kappa shape index (κ1) is 17.9. The van der Waals surface area contributed by atoms with Gasteiger partial charge in [-0.05, 0) is 31.2 Å². The lowest BCUT2D eigenvalue weighted by molar-refractivity contribution is -0.388. The monoisotopic (exact) mass is 350 g/mol. The summed E-state index contributed by atoms with van der Waals surface area (Å²) >= 11 is 1.66. The zero-order chi connectivity index (χ0) is 17.1. The van der Waals surface area contributed by atoms with E-state index in [2.05, 4.69) is 5.32 Å². The topological polar surface area (TPSA) is 64.4 Å². The molecule has 0 aliphatic carbocycles. The molecule has 1 aromatic carbocycles. The maximum absolute atomic E-state index is 13.0. The molecule has 2 rings (SSSR count).